The van der Waals surface area contributed by atoms with Gasteiger partial charge in [-0.1, -0.05) is 20.8 Å². The van der Waals surface area contributed by atoms with Crippen molar-refractivity contribution < 1.29 is 9.90 Å². The fraction of sp³-hybridized carbons (Fsp3) is 0.455. The zero-order valence-electron chi connectivity index (χ0n) is 8.74. The molecule has 1 aromatic heterocycles. The van der Waals surface area contributed by atoms with Crippen LogP contribution in [-0.4, -0.2) is 16.1 Å². The lowest BCUT2D eigenvalue weighted by Gasteiger charge is -2.07. The number of carbonyl (C=O) groups is 1. The third-order valence-electron chi connectivity index (χ3n) is 2.10. The van der Waals surface area contributed by atoms with E-state index in [-0.39, 0.29) is 5.92 Å². The molecule has 76 valence electrons. The molecule has 0 aliphatic carbocycles. The van der Waals surface area contributed by atoms with Gasteiger partial charge in [0.15, 0.2) is 0 Å². The van der Waals surface area contributed by atoms with Crippen molar-refractivity contribution in [3.05, 3.63) is 29.1 Å². The van der Waals surface area contributed by atoms with Crippen molar-refractivity contribution in [2.75, 3.05) is 0 Å². The largest absolute Gasteiger partial charge is 0.478 e. The number of carboxylic acid groups (broad SMARTS) is 1. The Morgan fingerprint density at radius 3 is 2.57 bits per heavy atom. The van der Waals surface area contributed by atoms with Crippen molar-refractivity contribution in [1.29, 1.82) is 0 Å². The van der Waals surface area contributed by atoms with E-state index in [0.717, 1.165) is 17.8 Å². The molecule has 1 aromatic rings. The van der Waals surface area contributed by atoms with Gasteiger partial charge in [-0.25, -0.2) is 4.79 Å². The summed E-state index contributed by atoms with van der Waals surface area (Å²) < 4.78 is 0. The van der Waals surface area contributed by atoms with E-state index >= 15 is 0 Å². The minimum absolute atomic E-state index is 0.264. The first-order valence-electron chi connectivity index (χ1n) is 4.78. The highest BCUT2D eigenvalue weighted by Gasteiger charge is 2.09. The number of rotatable bonds is 3. The standard InChI is InChI=1S/C11H15NO2/c1-4-9-5-8(11(13)14)6-10(12-9)7(2)3/h5-7H,4H2,1-3H3,(H,13,14). The molecular weight excluding hydrogens is 178 g/mol. The van der Waals surface area contributed by atoms with Gasteiger partial charge in [0.05, 0.1) is 5.56 Å². The first-order chi connectivity index (χ1) is 6.54. The van der Waals surface area contributed by atoms with Gasteiger partial charge in [0.25, 0.3) is 0 Å². The van der Waals surface area contributed by atoms with E-state index in [0.29, 0.717) is 5.56 Å². The summed E-state index contributed by atoms with van der Waals surface area (Å²) >= 11 is 0. The Kier molecular flexibility index (Phi) is 3.23. The molecule has 1 heterocycles. The lowest BCUT2D eigenvalue weighted by molar-refractivity contribution is 0.0696. The Morgan fingerprint density at radius 2 is 2.14 bits per heavy atom. The lowest BCUT2D eigenvalue weighted by atomic mass is 10.1. The van der Waals surface area contributed by atoms with Crippen LogP contribution in [-0.2, 0) is 6.42 Å². The van der Waals surface area contributed by atoms with Crippen LogP contribution < -0.4 is 0 Å². The van der Waals surface area contributed by atoms with Gasteiger partial charge >= 0.3 is 5.97 Å². The average molecular weight is 193 g/mol. The molecule has 0 saturated carbocycles. The van der Waals surface area contributed by atoms with Crippen LogP contribution in [0.25, 0.3) is 0 Å². The van der Waals surface area contributed by atoms with Gasteiger partial charge in [0.2, 0.25) is 0 Å². The van der Waals surface area contributed by atoms with Crippen LogP contribution in [0, 0.1) is 0 Å². The molecule has 0 aliphatic rings. The fourth-order valence-corrected chi connectivity index (χ4v) is 1.21. The second-order valence-corrected chi connectivity index (χ2v) is 3.59. The minimum atomic E-state index is -0.885. The molecule has 0 spiro atoms. The molecule has 0 aliphatic heterocycles. The van der Waals surface area contributed by atoms with Gasteiger partial charge < -0.3 is 5.11 Å². The molecular formula is C11H15NO2. The van der Waals surface area contributed by atoms with Gasteiger partial charge in [0, 0.05) is 11.4 Å². The second kappa shape index (κ2) is 4.22. The highest BCUT2D eigenvalue weighted by Crippen LogP contribution is 2.15. The first kappa shape index (κ1) is 10.7. The number of nitrogens with zero attached hydrogens (tertiary/aromatic N) is 1. The summed E-state index contributed by atoms with van der Waals surface area (Å²) in [5.41, 5.74) is 2.02. The monoisotopic (exact) mass is 193 g/mol. The van der Waals surface area contributed by atoms with Crippen molar-refractivity contribution in [2.45, 2.75) is 33.1 Å². The third kappa shape index (κ3) is 2.31. The van der Waals surface area contributed by atoms with Crippen LogP contribution >= 0.6 is 0 Å². The van der Waals surface area contributed by atoms with Crippen LogP contribution in [0.3, 0.4) is 0 Å². The van der Waals surface area contributed by atoms with E-state index in [9.17, 15) is 4.79 Å². The van der Waals surface area contributed by atoms with E-state index < -0.39 is 5.97 Å². The SMILES string of the molecule is CCc1cc(C(=O)O)cc(C(C)C)n1. The van der Waals surface area contributed by atoms with Crippen molar-refractivity contribution in [3.8, 4) is 0 Å². The van der Waals surface area contributed by atoms with E-state index in [1.807, 2.05) is 20.8 Å². The van der Waals surface area contributed by atoms with Gasteiger partial charge in [-0.3, -0.25) is 4.98 Å². The van der Waals surface area contributed by atoms with E-state index in [2.05, 4.69) is 4.98 Å². The maximum Gasteiger partial charge on any atom is 0.335 e. The molecule has 0 aromatic carbocycles. The number of hydrogen-bond donors (Lipinski definition) is 1. The molecule has 0 fully saturated rings. The maximum atomic E-state index is 10.8. The third-order valence-corrected chi connectivity index (χ3v) is 2.10. The highest BCUT2D eigenvalue weighted by atomic mass is 16.4. The molecule has 1 N–H and O–H groups in total. The number of aromatic carboxylic acids is 1. The molecule has 3 heteroatoms. The topological polar surface area (TPSA) is 50.2 Å². The van der Waals surface area contributed by atoms with Crippen molar-refractivity contribution in [1.82, 2.24) is 4.98 Å². The Morgan fingerprint density at radius 1 is 1.50 bits per heavy atom. The summed E-state index contributed by atoms with van der Waals surface area (Å²) in [5, 5.41) is 8.88. The van der Waals surface area contributed by atoms with Crippen LogP contribution in [0.1, 0.15) is 48.4 Å². The number of pyridine rings is 1. The smallest absolute Gasteiger partial charge is 0.335 e. The maximum absolute atomic E-state index is 10.8. The van der Waals surface area contributed by atoms with E-state index in [1.165, 1.54) is 0 Å². The van der Waals surface area contributed by atoms with Crippen LogP contribution in [0.2, 0.25) is 0 Å². The summed E-state index contributed by atoms with van der Waals surface area (Å²) in [4.78, 5) is 15.2. The average Bonchev–Trinajstić information content (AvgIpc) is 2.16. The lowest BCUT2D eigenvalue weighted by Crippen LogP contribution is -2.04. The predicted octanol–water partition coefficient (Wildman–Crippen LogP) is 2.47. The van der Waals surface area contributed by atoms with Crippen molar-refractivity contribution in [3.63, 3.8) is 0 Å². The molecule has 1 rings (SSSR count). The Bertz CT molecular complexity index is 345. The summed E-state index contributed by atoms with van der Waals surface area (Å²) in [5.74, 6) is -0.622. The zero-order chi connectivity index (χ0) is 10.7. The Labute approximate surface area is 83.8 Å². The number of hydrogen-bond acceptors (Lipinski definition) is 2. The second-order valence-electron chi connectivity index (χ2n) is 3.59. The number of carboxylic acids is 1. The molecule has 0 bridgehead atoms. The van der Waals surface area contributed by atoms with E-state index in [1.54, 1.807) is 12.1 Å². The van der Waals surface area contributed by atoms with Crippen molar-refractivity contribution in [2.24, 2.45) is 0 Å². The van der Waals surface area contributed by atoms with Gasteiger partial charge in [-0.05, 0) is 24.5 Å². The van der Waals surface area contributed by atoms with Gasteiger partial charge in [-0.2, -0.15) is 0 Å². The van der Waals surface area contributed by atoms with Crippen molar-refractivity contribution >= 4 is 5.97 Å². The van der Waals surface area contributed by atoms with E-state index in [4.69, 9.17) is 5.11 Å². The summed E-state index contributed by atoms with van der Waals surface area (Å²) in [6, 6.07) is 3.28. The summed E-state index contributed by atoms with van der Waals surface area (Å²) in [6.45, 7) is 5.98. The molecule has 0 radical (unpaired) electrons. The summed E-state index contributed by atoms with van der Waals surface area (Å²) in [7, 11) is 0. The predicted molar refractivity (Wildman–Crippen MR) is 54.7 cm³/mol. The Hall–Kier alpha value is -1.38. The molecule has 0 saturated heterocycles. The number of aryl methyl sites for hydroxylation is 1. The molecule has 0 unspecified atom stereocenters. The fourth-order valence-electron chi connectivity index (χ4n) is 1.21. The molecule has 0 atom stereocenters. The van der Waals surface area contributed by atoms with Crippen LogP contribution in [0.4, 0.5) is 0 Å². The number of aromatic nitrogens is 1. The quantitative estimate of drug-likeness (QED) is 0.802. The molecule has 0 amide bonds. The van der Waals surface area contributed by atoms with Gasteiger partial charge in [-0.15, -0.1) is 0 Å². The molecule has 14 heavy (non-hydrogen) atoms. The summed E-state index contributed by atoms with van der Waals surface area (Å²) in [6.07, 6.45) is 0.765. The van der Waals surface area contributed by atoms with Crippen LogP contribution in [0.5, 0.6) is 0 Å². The molecule has 3 nitrogen and oxygen atoms in total. The van der Waals surface area contributed by atoms with Crippen LogP contribution in [0.15, 0.2) is 12.1 Å². The normalized spacial score (nSPS) is 10.6. The van der Waals surface area contributed by atoms with Gasteiger partial charge in [0.1, 0.15) is 0 Å². The Balaban J connectivity index is 3.20. The zero-order valence-corrected chi connectivity index (χ0v) is 8.74. The highest BCUT2D eigenvalue weighted by molar-refractivity contribution is 5.87. The first-order valence-corrected chi connectivity index (χ1v) is 4.78. The minimum Gasteiger partial charge on any atom is -0.478 e.